The molecule has 0 atom stereocenters. The van der Waals surface area contributed by atoms with E-state index in [1.54, 1.807) is 6.33 Å². The smallest absolute Gasteiger partial charge is 0.165 e. The van der Waals surface area contributed by atoms with Gasteiger partial charge in [0.15, 0.2) is 17.0 Å². The van der Waals surface area contributed by atoms with Crippen LogP contribution in [0.15, 0.2) is 36.9 Å². The first-order valence-corrected chi connectivity index (χ1v) is 10.3. The summed E-state index contributed by atoms with van der Waals surface area (Å²) in [4.78, 5) is 20.8. The molecule has 1 aliphatic rings. The Hall–Kier alpha value is -3.00. The molecule has 3 aromatic heterocycles. The van der Waals surface area contributed by atoms with Crippen molar-refractivity contribution >= 4 is 28.0 Å². The maximum Gasteiger partial charge on any atom is 0.165 e. The molecule has 0 radical (unpaired) electrons. The van der Waals surface area contributed by atoms with E-state index < -0.39 is 0 Å². The number of fused-ring (bicyclic) bond motifs is 2. The molecule has 1 aromatic carbocycles. The molecular weight excluding hydrogens is 366 g/mol. The van der Waals surface area contributed by atoms with Crippen LogP contribution in [0.25, 0.3) is 22.2 Å². The van der Waals surface area contributed by atoms with Gasteiger partial charge >= 0.3 is 0 Å². The third-order valence-electron chi connectivity index (χ3n) is 5.47. The minimum absolute atomic E-state index is 0.633. The van der Waals surface area contributed by atoms with Gasteiger partial charge in [-0.25, -0.2) is 19.9 Å². The van der Waals surface area contributed by atoms with Crippen molar-refractivity contribution in [1.82, 2.24) is 29.1 Å². The van der Waals surface area contributed by atoms with E-state index in [4.69, 9.17) is 9.72 Å². The quantitative estimate of drug-likeness (QED) is 0.503. The standard InChI is InChI=1S/C21H25N7O/c1-2-3-8-28-17-7-5-4-6-16(17)25-18(28)13-27-15-24-19-20(22-14-23-21(19)27)26-9-11-29-12-10-26/h4-7,14-15H,2-3,8-13H2,1H3. The van der Waals surface area contributed by atoms with Crippen LogP contribution in [0.2, 0.25) is 0 Å². The Morgan fingerprint density at radius 2 is 1.93 bits per heavy atom. The van der Waals surface area contributed by atoms with Crippen molar-refractivity contribution < 1.29 is 4.74 Å². The zero-order chi connectivity index (χ0) is 19.6. The second kappa shape index (κ2) is 7.79. The number of anilines is 1. The Morgan fingerprint density at radius 1 is 1.07 bits per heavy atom. The summed E-state index contributed by atoms with van der Waals surface area (Å²) in [5.41, 5.74) is 3.90. The summed E-state index contributed by atoms with van der Waals surface area (Å²) >= 11 is 0. The minimum Gasteiger partial charge on any atom is -0.378 e. The zero-order valence-corrected chi connectivity index (χ0v) is 16.7. The number of ether oxygens (including phenoxy) is 1. The predicted octanol–water partition coefficient (Wildman–Crippen LogP) is 2.86. The SMILES string of the molecule is CCCCn1c(Cn2cnc3c(N4CCOCC4)ncnc32)nc2ccccc21. The number of imidazole rings is 2. The number of morpholine rings is 1. The van der Waals surface area contributed by atoms with E-state index in [1.807, 2.05) is 12.4 Å². The molecule has 4 aromatic rings. The van der Waals surface area contributed by atoms with Crippen molar-refractivity contribution in [2.45, 2.75) is 32.9 Å². The summed E-state index contributed by atoms with van der Waals surface area (Å²) in [6.45, 7) is 6.90. The molecule has 29 heavy (non-hydrogen) atoms. The highest BCUT2D eigenvalue weighted by Gasteiger charge is 2.19. The lowest BCUT2D eigenvalue weighted by atomic mass is 10.3. The van der Waals surface area contributed by atoms with Crippen molar-refractivity contribution in [3.8, 4) is 0 Å². The Morgan fingerprint density at radius 3 is 2.79 bits per heavy atom. The highest BCUT2D eigenvalue weighted by molar-refractivity contribution is 5.83. The maximum atomic E-state index is 5.47. The molecule has 0 saturated carbocycles. The van der Waals surface area contributed by atoms with Gasteiger partial charge in [0.1, 0.15) is 12.2 Å². The van der Waals surface area contributed by atoms with Gasteiger partial charge < -0.3 is 18.8 Å². The fraction of sp³-hybridized carbons (Fsp3) is 0.429. The summed E-state index contributed by atoms with van der Waals surface area (Å²) in [6, 6.07) is 8.33. The minimum atomic E-state index is 0.633. The molecule has 0 bridgehead atoms. The maximum absolute atomic E-state index is 5.47. The Bertz CT molecular complexity index is 1130. The molecule has 1 aliphatic heterocycles. The van der Waals surface area contributed by atoms with Crippen LogP contribution in [0, 0.1) is 0 Å². The van der Waals surface area contributed by atoms with E-state index in [2.05, 4.69) is 54.1 Å². The molecule has 0 aliphatic carbocycles. The number of rotatable bonds is 6. The number of aryl methyl sites for hydroxylation is 1. The third kappa shape index (κ3) is 3.33. The van der Waals surface area contributed by atoms with Gasteiger partial charge in [-0.2, -0.15) is 0 Å². The molecular formula is C21H25N7O. The highest BCUT2D eigenvalue weighted by atomic mass is 16.5. The van der Waals surface area contributed by atoms with Crippen LogP contribution in [-0.4, -0.2) is 55.4 Å². The fourth-order valence-electron chi connectivity index (χ4n) is 3.95. The Labute approximate surface area is 169 Å². The normalized spacial score (nSPS) is 14.9. The van der Waals surface area contributed by atoms with E-state index >= 15 is 0 Å². The number of hydrogen-bond donors (Lipinski definition) is 0. The van der Waals surface area contributed by atoms with Crippen LogP contribution in [-0.2, 0) is 17.8 Å². The molecule has 4 heterocycles. The highest BCUT2D eigenvalue weighted by Crippen LogP contribution is 2.24. The molecule has 1 fully saturated rings. The first kappa shape index (κ1) is 18.1. The van der Waals surface area contributed by atoms with Crippen molar-refractivity contribution in [3.05, 3.63) is 42.7 Å². The van der Waals surface area contributed by atoms with Crippen LogP contribution < -0.4 is 4.90 Å². The molecule has 0 unspecified atom stereocenters. The first-order chi connectivity index (χ1) is 14.3. The van der Waals surface area contributed by atoms with Gasteiger partial charge in [-0.3, -0.25) is 0 Å². The molecule has 8 nitrogen and oxygen atoms in total. The average Bonchev–Trinajstić information content (AvgIpc) is 3.34. The lowest BCUT2D eigenvalue weighted by Crippen LogP contribution is -2.36. The molecule has 8 heteroatoms. The summed E-state index contributed by atoms with van der Waals surface area (Å²) in [5, 5.41) is 0. The molecule has 0 N–H and O–H groups in total. The monoisotopic (exact) mass is 391 g/mol. The van der Waals surface area contributed by atoms with Crippen LogP contribution in [0.1, 0.15) is 25.6 Å². The third-order valence-corrected chi connectivity index (χ3v) is 5.47. The first-order valence-electron chi connectivity index (χ1n) is 10.3. The van der Waals surface area contributed by atoms with E-state index in [-0.39, 0.29) is 0 Å². The van der Waals surface area contributed by atoms with Crippen LogP contribution in [0.4, 0.5) is 5.82 Å². The van der Waals surface area contributed by atoms with Crippen LogP contribution >= 0.6 is 0 Å². The second-order valence-electron chi connectivity index (χ2n) is 7.36. The van der Waals surface area contributed by atoms with Gasteiger partial charge in [0, 0.05) is 19.6 Å². The van der Waals surface area contributed by atoms with Gasteiger partial charge in [0.2, 0.25) is 0 Å². The fourth-order valence-corrected chi connectivity index (χ4v) is 3.95. The predicted molar refractivity (Wildman–Crippen MR) is 112 cm³/mol. The van der Waals surface area contributed by atoms with E-state index in [0.29, 0.717) is 19.8 Å². The van der Waals surface area contributed by atoms with Crippen molar-refractivity contribution in [2.75, 3.05) is 31.2 Å². The van der Waals surface area contributed by atoms with Crippen LogP contribution in [0.5, 0.6) is 0 Å². The van der Waals surface area contributed by atoms with Crippen molar-refractivity contribution in [1.29, 1.82) is 0 Å². The van der Waals surface area contributed by atoms with Crippen molar-refractivity contribution in [3.63, 3.8) is 0 Å². The van der Waals surface area contributed by atoms with E-state index in [0.717, 1.165) is 60.8 Å². The number of benzene rings is 1. The molecule has 150 valence electrons. The Balaban J connectivity index is 1.52. The largest absolute Gasteiger partial charge is 0.378 e. The van der Waals surface area contributed by atoms with Gasteiger partial charge in [0.05, 0.1) is 37.1 Å². The lowest BCUT2D eigenvalue weighted by molar-refractivity contribution is 0.122. The van der Waals surface area contributed by atoms with Gasteiger partial charge in [0.25, 0.3) is 0 Å². The number of unbranched alkanes of at least 4 members (excludes halogenated alkanes) is 1. The zero-order valence-electron chi connectivity index (χ0n) is 16.7. The van der Waals surface area contributed by atoms with E-state index in [1.165, 1.54) is 5.52 Å². The number of aromatic nitrogens is 6. The topological polar surface area (TPSA) is 73.9 Å². The van der Waals surface area contributed by atoms with E-state index in [9.17, 15) is 0 Å². The number of nitrogens with zero attached hydrogens (tertiary/aromatic N) is 7. The number of para-hydroxylation sites is 2. The summed E-state index contributed by atoms with van der Waals surface area (Å²) < 4.78 is 9.87. The average molecular weight is 391 g/mol. The molecule has 0 amide bonds. The van der Waals surface area contributed by atoms with Gasteiger partial charge in [-0.1, -0.05) is 25.5 Å². The van der Waals surface area contributed by atoms with Gasteiger partial charge in [-0.15, -0.1) is 0 Å². The second-order valence-corrected chi connectivity index (χ2v) is 7.36. The van der Waals surface area contributed by atoms with Crippen LogP contribution in [0.3, 0.4) is 0 Å². The summed E-state index contributed by atoms with van der Waals surface area (Å²) in [7, 11) is 0. The number of hydrogen-bond acceptors (Lipinski definition) is 6. The lowest BCUT2D eigenvalue weighted by Gasteiger charge is -2.27. The molecule has 5 rings (SSSR count). The Kier molecular flexibility index (Phi) is 4.85. The van der Waals surface area contributed by atoms with Gasteiger partial charge in [-0.05, 0) is 18.6 Å². The van der Waals surface area contributed by atoms with Crippen molar-refractivity contribution in [2.24, 2.45) is 0 Å². The summed E-state index contributed by atoms with van der Waals surface area (Å²) in [6.07, 6.45) is 5.76. The summed E-state index contributed by atoms with van der Waals surface area (Å²) in [5.74, 6) is 1.92. The molecule has 0 spiro atoms. The molecule has 1 saturated heterocycles.